The quantitative estimate of drug-likeness (QED) is 0.745. The first-order valence-electron chi connectivity index (χ1n) is 5.12. The first-order valence-corrected chi connectivity index (χ1v) is 5.12. The number of hydrogen-bond acceptors (Lipinski definition) is 3. The van der Waals surface area contributed by atoms with E-state index in [0.717, 1.165) is 12.2 Å². The molecule has 1 heterocycles. The number of benzene rings is 1. The predicted octanol–water partition coefficient (Wildman–Crippen LogP) is 2.44. The van der Waals surface area contributed by atoms with Gasteiger partial charge in [-0.15, -0.1) is 0 Å². The summed E-state index contributed by atoms with van der Waals surface area (Å²) in [4.78, 5) is 11.7. The molecule has 0 aromatic heterocycles. The zero-order valence-electron chi connectivity index (χ0n) is 8.95. The van der Waals surface area contributed by atoms with Crippen molar-refractivity contribution in [3.8, 4) is 11.5 Å². The van der Waals surface area contributed by atoms with E-state index in [1.807, 2.05) is 6.92 Å². The zero-order chi connectivity index (χ0) is 10.8. The molecule has 1 aliphatic heterocycles. The van der Waals surface area contributed by atoms with E-state index < -0.39 is 0 Å². The summed E-state index contributed by atoms with van der Waals surface area (Å²) in [6, 6.07) is 5.32. The Kier molecular flexibility index (Phi) is 2.62. The lowest BCUT2D eigenvalue weighted by Gasteiger charge is -2.24. The van der Waals surface area contributed by atoms with Crippen molar-refractivity contribution in [3.63, 3.8) is 0 Å². The molecular weight excluding hydrogens is 192 g/mol. The van der Waals surface area contributed by atoms with Crippen molar-refractivity contribution in [2.24, 2.45) is 0 Å². The van der Waals surface area contributed by atoms with Crippen molar-refractivity contribution in [2.75, 3.05) is 7.11 Å². The molecule has 1 atom stereocenters. The van der Waals surface area contributed by atoms with Crippen LogP contribution < -0.4 is 9.47 Å². The molecule has 1 aromatic rings. The Morgan fingerprint density at radius 2 is 2.33 bits per heavy atom. The number of fused-ring (bicyclic) bond motifs is 1. The number of carbonyl (C=O) groups excluding carboxylic acids is 1. The van der Waals surface area contributed by atoms with Gasteiger partial charge in [-0.2, -0.15) is 0 Å². The van der Waals surface area contributed by atoms with Gasteiger partial charge in [0.1, 0.15) is 17.6 Å². The lowest BCUT2D eigenvalue weighted by molar-refractivity contribution is 0.0845. The fourth-order valence-electron chi connectivity index (χ4n) is 1.72. The monoisotopic (exact) mass is 206 g/mol. The summed E-state index contributed by atoms with van der Waals surface area (Å²) >= 11 is 0. The van der Waals surface area contributed by atoms with Crippen LogP contribution in [0.15, 0.2) is 18.2 Å². The van der Waals surface area contributed by atoms with Crippen molar-refractivity contribution < 1.29 is 14.3 Å². The van der Waals surface area contributed by atoms with Crippen LogP contribution in [-0.2, 0) is 0 Å². The maximum atomic E-state index is 11.7. The van der Waals surface area contributed by atoms with Crippen LogP contribution in [-0.4, -0.2) is 19.0 Å². The number of Topliss-reactive ketones (excluding diaryl/α,β-unsaturated/α-hetero) is 1. The van der Waals surface area contributed by atoms with E-state index in [-0.39, 0.29) is 11.9 Å². The number of ketones is 1. The highest BCUT2D eigenvalue weighted by atomic mass is 16.5. The molecular formula is C12H14O3. The lowest BCUT2D eigenvalue weighted by atomic mass is 9.99. The first-order chi connectivity index (χ1) is 7.24. The minimum atomic E-state index is 0.0112. The third-order valence-corrected chi connectivity index (χ3v) is 2.65. The van der Waals surface area contributed by atoms with E-state index in [1.165, 1.54) is 0 Å². The first kappa shape index (κ1) is 10.0. The molecule has 2 rings (SSSR count). The summed E-state index contributed by atoms with van der Waals surface area (Å²) in [7, 11) is 1.60. The summed E-state index contributed by atoms with van der Waals surface area (Å²) in [5.41, 5.74) is 0.667. The Balaban J connectivity index is 2.37. The van der Waals surface area contributed by atoms with E-state index >= 15 is 0 Å². The van der Waals surface area contributed by atoms with E-state index in [9.17, 15) is 4.79 Å². The van der Waals surface area contributed by atoms with Gasteiger partial charge in [-0.05, 0) is 18.6 Å². The van der Waals surface area contributed by atoms with Gasteiger partial charge >= 0.3 is 0 Å². The molecule has 0 radical (unpaired) electrons. The second kappa shape index (κ2) is 3.93. The zero-order valence-corrected chi connectivity index (χ0v) is 8.95. The van der Waals surface area contributed by atoms with E-state index in [4.69, 9.17) is 9.47 Å². The van der Waals surface area contributed by atoms with Gasteiger partial charge in [-0.25, -0.2) is 0 Å². The van der Waals surface area contributed by atoms with Crippen molar-refractivity contribution >= 4 is 5.78 Å². The molecule has 3 heteroatoms. The van der Waals surface area contributed by atoms with Crippen LogP contribution >= 0.6 is 0 Å². The molecule has 0 unspecified atom stereocenters. The molecule has 1 aliphatic rings. The van der Waals surface area contributed by atoms with Gasteiger partial charge in [0.2, 0.25) is 0 Å². The van der Waals surface area contributed by atoms with Crippen LogP contribution in [0.5, 0.6) is 11.5 Å². The van der Waals surface area contributed by atoms with Crippen LogP contribution in [0.3, 0.4) is 0 Å². The van der Waals surface area contributed by atoms with Gasteiger partial charge in [-0.1, -0.05) is 6.92 Å². The predicted molar refractivity (Wildman–Crippen MR) is 56.6 cm³/mol. The fraction of sp³-hybridized carbons (Fsp3) is 0.417. The van der Waals surface area contributed by atoms with Gasteiger partial charge in [-0.3, -0.25) is 4.79 Å². The van der Waals surface area contributed by atoms with Gasteiger partial charge in [0.05, 0.1) is 12.7 Å². The minimum absolute atomic E-state index is 0.0112. The maximum Gasteiger partial charge on any atom is 0.170 e. The van der Waals surface area contributed by atoms with E-state index in [0.29, 0.717) is 17.7 Å². The molecule has 0 aliphatic carbocycles. The van der Waals surface area contributed by atoms with Gasteiger partial charge in [0.25, 0.3) is 0 Å². The highest BCUT2D eigenvalue weighted by Crippen LogP contribution is 2.31. The van der Waals surface area contributed by atoms with Crippen molar-refractivity contribution in [3.05, 3.63) is 23.8 Å². The molecule has 0 saturated heterocycles. The Hall–Kier alpha value is -1.51. The number of carbonyl (C=O) groups is 1. The summed E-state index contributed by atoms with van der Waals surface area (Å²) in [6.07, 6.45) is 1.34. The SMILES string of the molecule is CC[C@@H]1CC(=O)c2ccc(OC)cc2O1. The molecule has 80 valence electrons. The maximum absolute atomic E-state index is 11.7. The summed E-state index contributed by atoms with van der Waals surface area (Å²) in [5.74, 6) is 1.53. The standard InChI is InChI=1S/C12H14O3/c1-3-8-6-11(13)10-5-4-9(14-2)7-12(10)15-8/h4-5,7-8H,3,6H2,1-2H3/t8-/m1/s1. The summed E-state index contributed by atoms with van der Waals surface area (Å²) in [6.45, 7) is 2.02. The Morgan fingerprint density at radius 1 is 1.53 bits per heavy atom. The molecule has 0 spiro atoms. The van der Waals surface area contributed by atoms with Crippen LogP contribution in [0, 0.1) is 0 Å². The molecule has 0 N–H and O–H groups in total. The van der Waals surface area contributed by atoms with Gasteiger partial charge in [0.15, 0.2) is 5.78 Å². The Bertz CT molecular complexity index is 384. The molecule has 15 heavy (non-hydrogen) atoms. The van der Waals surface area contributed by atoms with E-state index in [2.05, 4.69) is 0 Å². The molecule has 3 nitrogen and oxygen atoms in total. The number of hydrogen-bond donors (Lipinski definition) is 0. The summed E-state index contributed by atoms with van der Waals surface area (Å²) in [5, 5.41) is 0. The lowest BCUT2D eigenvalue weighted by Crippen LogP contribution is -2.26. The van der Waals surface area contributed by atoms with Gasteiger partial charge < -0.3 is 9.47 Å². The highest BCUT2D eigenvalue weighted by Gasteiger charge is 2.25. The van der Waals surface area contributed by atoms with Crippen LogP contribution in [0.4, 0.5) is 0 Å². The normalized spacial score (nSPS) is 19.3. The van der Waals surface area contributed by atoms with Crippen LogP contribution in [0.2, 0.25) is 0 Å². The van der Waals surface area contributed by atoms with Crippen molar-refractivity contribution in [1.82, 2.24) is 0 Å². The van der Waals surface area contributed by atoms with Crippen molar-refractivity contribution in [2.45, 2.75) is 25.9 Å². The minimum Gasteiger partial charge on any atom is -0.497 e. The van der Waals surface area contributed by atoms with Crippen molar-refractivity contribution in [1.29, 1.82) is 0 Å². The Morgan fingerprint density at radius 3 is 3.00 bits per heavy atom. The van der Waals surface area contributed by atoms with Gasteiger partial charge in [0, 0.05) is 12.5 Å². The second-order valence-electron chi connectivity index (χ2n) is 3.64. The number of ether oxygens (including phenoxy) is 2. The third-order valence-electron chi connectivity index (χ3n) is 2.65. The molecule has 0 bridgehead atoms. The Labute approximate surface area is 89.0 Å². The molecule has 0 fully saturated rings. The third kappa shape index (κ3) is 1.82. The van der Waals surface area contributed by atoms with E-state index in [1.54, 1.807) is 25.3 Å². The molecule has 0 saturated carbocycles. The fourth-order valence-corrected chi connectivity index (χ4v) is 1.72. The smallest absolute Gasteiger partial charge is 0.170 e. The van der Waals surface area contributed by atoms with Crippen LogP contribution in [0.25, 0.3) is 0 Å². The molecule has 1 aromatic carbocycles. The number of rotatable bonds is 2. The highest BCUT2D eigenvalue weighted by molar-refractivity contribution is 6.00. The average Bonchev–Trinajstić information content (AvgIpc) is 2.28. The second-order valence-corrected chi connectivity index (χ2v) is 3.64. The average molecular weight is 206 g/mol. The topological polar surface area (TPSA) is 35.5 Å². The summed E-state index contributed by atoms with van der Waals surface area (Å²) < 4.78 is 10.8. The largest absolute Gasteiger partial charge is 0.497 e. The molecule has 0 amide bonds. The number of methoxy groups -OCH3 is 1. The van der Waals surface area contributed by atoms with Crippen LogP contribution in [0.1, 0.15) is 30.1 Å².